The molecule has 0 bridgehead atoms. The fourth-order valence-electron chi connectivity index (χ4n) is 0.153. The first-order valence-electron chi connectivity index (χ1n) is 2.23. The van der Waals surface area contributed by atoms with E-state index in [2.05, 4.69) is 9.78 Å². The molecule has 0 saturated heterocycles. The molecule has 2 nitrogen and oxygen atoms in total. The Balaban J connectivity index is 2.93. The Bertz CT molecular complexity index is 48.0. The molecule has 0 fully saturated rings. The van der Waals surface area contributed by atoms with Gasteiger partial charge in [-0.2, -0.15) is 9.78 Å². The van der Waals surface area contributed by atoms with Gasteiger partial charge in [0.15, 0.2) is 0 Å². The Kier molecular flexibility index (Phi) is 3.64. The van der Waals surface area contributed by atoms with Crippen molar-refractivity contribution < 1.29 is 18.6 Å². The van der Waals surface area contributed by atoms with Gasteiger partial charge in [0.1, 0.15) is 0 Å². The predicted octanol–water partition coefficient (Wildman–Crippen LogP) is 1.57. The van der Waals surface area contributed by atoms with Gasteiger partial charge in [-0.15, -0.1) is 0 Å². The highest BCUT2D eigenvalue weighted by molar-refractivity contribution is 4.15. The van der Waals surface area contributed by atoms with Crippen LogP contribution in [0, 0.1) is 0 Å². The molecule has 0 saturated carbocycles. The third-order valence-electron chi connectivity index (χ3n) is 0.321. The summed E-state index contributed by atoms with van der Waals surface area (Å²) in [5, 5.41) is 0. The van der Waals surface area contributed by atoms with Crippen LogP contribution in [0.3, 0.4) is 0 Å². The van der Waals surface area contributed by atoms with E-state index in [0.29, 0.717) is 0 Å². The maximum atomic E-state index is 11.5. The smallest absolute Gasteiger partial charge is 0.213 e. The molecule has 0 aliphatic rings. The maximum absolute atomic E-state index is 11.5. The highest BCUT2D eigenvalue weighted by atomic mass is 19.2. The van der Waals surface area contributed by atoms with Crippen molar-refractivity contribution in [3.63, 3.8) is 0 Å². The number of hydrogen-bond donors (Lipinski definition) is 0. The molecule has 0 aliphatic heterocycles. The molecule has 0 aromatic carbocycles. The zero-order chi connectivity index (χ0) is 6.57. The van der Waals surface area contributed by atoms with Gasteiger partial charge in [0.05, 0.1) is 0 Å². The Morgan fingerprint density at radius 2 is 1.25 bits per heavy atom. The van der Waals surface area contributed by atoms with Crippen LogP contribution in [0.2, 0.25) is 0 Å². The van der Waals surface area contributed by atoms with Gasteiger partial charge in [0.25, 0.3) is 0 Å². The van der Waals surface area contributed by atoms with Crippen molar-refractivity contribution in [2.24, 2.45) is 0 Å². The van der Waals surface area contributed by atoms with Crippen LogP contribution >= 0.6 is 0 Å². The van der Waals surface area contributed by atoms with Gasteiger partial charge in [-0.1, -0.05) is 0 Å². The zero-order valence-corrected chi connectivity index (χ0v) is 4.73. The molecule has 0 spiro atoms. The molecule has 8 heavy (non-hydrogen) atoms. The monoisotopic (exact) mass is 126 g/mol. The highest BCUT2D eigenvalue weighted by Gasteiger charge is 2.01. The van der Waals surface area contributed by atoms with E-state index in [4.69, 9.17) is 0 Å². The average Bonchev–Trinajstić information content (AvgIpc) is 1.61. The molecular weight excluding hydrogens is 118 g/mol. The summed E-state index contributed by atoms with van der Waals surface area (Å²) >= 11 is 0. The minimum absolute atomic E-state index is 1.10. The molecule has 0 aromatic heterocycles. The molecule has 0 amide bonds. The number of hydrogen-bond acceptors (Lipinski definition) is 2. The van der Waals surface area contributed by atoms with Crippen LogP contribution in [0.25, 0.3) is 0 Å². The van der Waals surface area contributed by atoms with Crippen LogP contribution in [0.4, 0.5) is 8.78 Å². The van der Waals surface area contributed by atoms with E-state index in [0.717, 1.165) is 13.8 Å². The van der Waals surface area contributed by atoms with Crippen molar-refractivity contribution in [2.45, 2.75) is 26.6 Å². The second kappa shape index (κ2) is 3.74. The van der Waals surface area contributed by atoms with Gasteiger partial charge in [-0.25, -0.2) is 8.78 Å². The summed E-state index contributed by atoms with van der Waals surface area (Å²) in [6, 6.07) is 0. The van der Waals surface area contributed by atoms with Crippen molar-refractivity contribution in [1.29, 1.82) is 0 Å². The molecule has 0 heterocycles. The van der Waals surface area contributed by atoms with Gasteiger partial charge in [-0.3, -0.25) is 0 Å². The van der Waals surface area contributed by atoms with Crippen LogP contribution < -0.4 is 0 Å². The third kappa shape index (κ3) is 5.78. The summed E-state index contributed by atoms with van der Waals surface area (Å²) in [5.74, 6) is 0. The third-order valence-corrected chi connectivity index (χ3v) is 0.321. The SMILES string of the molecule is CC(F)OOC(C)F. The number of rotatable bonds is 3. The second-order valence-corrected chi connectivity index (χ2v) is 1.28. The molecule has 0 radical (unpaired) electrons. The molecule has 4 heteroatoms. The van der Waals surface area contributed by atoms with Gasteiger partial charge in [-0.05, 0) is 13.8 Å². The van der Waals surface area contributed by atoms with Crippen molar-refractivity contribution in [3.8, 4) is 0 Å². The lowest BCUT2D eigenvalue weighted by molar-refractivity contribution is -0.389. The first-order chi connectivity index (χ1) is 3.63. The van der Waals surface area contributed by atoms with Gasteiger partial charge in [0, 0.05) is 0 Å². The molecule has 0 aliphatic carbocycles. The largest absolute Gasteiger partial charge is 0.228 e. The molecule has 0 aromatic rings. The second-order valence-electron chi connectivity index (χ2n) is 1.28. The molecule has 50 valence electrons. The van der Waals surface area contributed by atoms with Crippen LogP contribution in [0.15, 0.2) is 0 Å². The number of halogens is 2. The number of alkyl halides is 2. The van der Waals surface area contributed by atoms with Crippen molar-refractivity contribution in [3.05, 3.63) is 0 Å². The summed E-state index contributed by atoms with van der Waals surface area (Å²) < 4.78 is 23.1. The normalized spacial score (nSPS) is 18.0. The van der Waals surface area contributed by atoms with Crippen molar-refractivity contribution in [1.82, 2.24) is 0 Å². The van der Waals surface area contributed by atoms with E-state index in [1.807, 2.05) is 0 Å². The fraction of sp³-hybridized carbons (Fsp3) is 1.00. The van der Waals surface area contributed by atoms with Crippen LogP contribution in [-0.2, 0) is 9.78 Å². The summed E-state index contributed by atoms with van der Waals surface area (Å²) in [4.78, 5) is 7.52. The lowest BCUT2D eigenvalue weighted by Crippen LogP contribution is -2.06. The molecule has 2 atom stereocenters. The minimum Gasteiger partial charge on any atom is -0.213 e. The Morgan fingerprint density at radius 3 is 1.38 bits per heavy atom. The lowest BCUT2D eigenvalue weighted by atomic mass is 10.8. The summed E-state index contributed by atoms with van der Waals surface area (Å²) in [6.07, 6.45) is -3.15. The molecule has 0 N–H and O–H groups in total. The van der Waals surface area contributed by atoms with E-state index >= 15 is 0 Å². The first kappa shape index (κ1) is 7.78. The van der Waals surface area contributed by atoms with Gasteiger partial charge in [0.2, 0.25) is 12.7 Å². The fourth-order valence-corrected chi connectivity index (χ4v) is 0.153. The quantitative estimate of drug-likeness (QED) is 0.422. The van der Waals surface area contributed by atoms with Crippen molar-refractivity contribution in [2.75, 3.05) is 0 Å². The molecular formula is C4H8F2O2. The van der Waals surface area contributed by atoms with E-state index in [9.17, 15) is 8.78 Å². The Hall–Kier alpha value is -0.220. The molecule has 0 rings (SSSR count). The molecule has 2 unspecified atom stereocenters. The van der Waals surface area contributed by atoms with E-state index in [1.54, 1.807) is 0 Å². The van der Waals surface area contributed by atoms with Crippen LogP contribution in [-0.4, -0.2) is 12.7 Å². The van der Waals surface area contributed by atoms with E-state index in [1.165, 1.54) is 0 Å². The topological polar surface area (TPSA) is 18.5 Å². The Morgan fingerprint density at radius 1 is 1.00 bits per heavy atom. The summed E-state index contributed by atoms with van der Waals surface area (Å²) in [6.45, 7) is 2.20. The summed E-state index contributed by atoms with van der Waals surface area (Å²) in [7, 11) is 0. The highest BCUT2D eigenvalue weighted by Crippen LogP contribution is 1.97. The van der Waals surface area contributed by atoms with E-state index < -0.39 is 12.7 Å². The van der Waals surface area contributed by atoms with Crippen LogP contribution in [0.1, 0.15) is 13.8 Å². The first-order valence-corrected chi connectivity index (χ1v) is 2.23. The van der Waals surface area contributed by atoms with E-state index in [-0.39, 0.29) is 0 Å². The Labute approximate surface area is 46.3 Å². The van der Waals surface area contributed by atoms with Crippen molar-refractivity contribution >= 4 is 0 Å². The average molecular weight is 126 g/mol. The van der Waals surface area contributed by atoms with Gasteiger partial charge < -0.3 is 0 Å². The van der Waals surface area contributed by atoms with Gasteiger partial charge >= 0.3 is 0 Å². The predicted molar refractivity (Wildman–Crippen MR) is 23.3 cm³/mol. The lowest BCUT2D eigenvalue weighted by Gasteiger charge is -2.02. The summed E-state index contributed by atoms with van der Waals surface area (Å²) in [5.41, 5.74) is 0. The zero-order valence-electron chi connectivity index (χ0n) is 4.73. The standard InChI is InChI=1S/C4H8F2O2/c1-3(5)7-8-4(2)6/h3-4H,1-2H3. The maximum Gasteiger partial charge on any atom is 0.228 e. The minimum atomic E-state index is -1.58. The van der Waals surface area contributed by atoms with Crippen LogP contribution in [0.5, 0.6) is 0 Å².